The highest BCUT2D eigenvalue weighted by Crippen LogP contribution is 2.38. The van der Waals surface area contributed by atoms with Gasteiger partial charge in [0.05, 0.1) is 24.6 Å². The summed E-state index contributed by atoms with van der Waals surface area (Å²) in [5, 5.41) is 14.9. The van der Waals surface area contributed by atoms with Gasteiger partial charge in [-0.3, -0.25) is 5.10 Å². The van der Waals surface area contributed by atoms with E-state index in [1.165, 1.54) is 6.07 Å². The van der Waals surface area contributed by atoms with E-state index in [1.807, 2.05) is 0 Å². The van der Waals surface area contributed by atoms with Crippen LogP contribution in [0.3, 0.4) is 0 Å². The monoisotopic (exact) mass is 286 g/mol. The number of ether oxygens (including phenoxy) is 1. The van der Waals surface area contributed by atoms with Crippen LogP contribution in [0, 0.1) is 0 Å². The number of carboxylic acid groups (broad SMARTS) is 1. The molecule has 1 aromatic heterocycles. The molecule has 0 radical (unpaired) electrons. The number of aromatic amines is 1. The predicted octanol–water partition coefficient (Wildman–Crippen LogP) is 2.80. The summed E-state index contributed by atoms with van der Waals surface area (Å²) >= 11 is 0. The number of aromatic carboxylic acids is 1. The fraction of sp³-hybridized carbons (Fsp3) is 0.167. The first-order valence-electron chi connectivity index (χ1n) is 5.37. The van der Waals surface area contributed by atoms with Gasteiger partial charge in [0.2, 0.25) is 0 Å². The molecule has 0 fully saturated rings. The molecule has 0 spiro atoms. The lowest BCUT2D eigenvalue weighted by Crippen LogP contribution is -2.08. The first-order chi connectivity index (χ1) is 9.34. The Bertz CT molecular complexity index is 650. The van der Waals surface area contributed by atoms with Gasteiger partial charge in [-0.25, -0.2) is 4.79 Å². The van der Waals surface area contributed by atoms with Gasteiger partial charge in [0, 0.05) is 5.56 Å². The highest BCUT2D eigenvalue weighted by Gasteiger charge is 2.35. The Morgan fingerprint density at radius 2 is 2.10 bits per heavy atom. The molecule has 0 bridgehead atoms. The van der Waals surface area contributed by atoms with Crippen LogP contribution in [0.4, 0.5) is 13.2 Å². The van der Waals surface area contributed by atoms with Gasteiger partial charge >= 0.3 is 12.1 Å². The molecule has 2 rings (SSSR count). The van der Waals surface area contributed by atoms with Crippen molar-refractivity contribution in [3.05, 3.63) is 35.5 Å². The van der Waals surface area contributed by atoms with Crippen molar-refractivity contribution in [2.75, 3.05) is 7.11 Å². The quantitative estimate of drug-likeness (QED) is 0.909. The van der Waals surface area contributed by atoms with E-state index >= 15 is 0 Å². The second-order valence-corrected chi connectivity index (χ2v) is 3.88. The van der Waals surface area contributed by atoms with E-state index in [0.29, 0.717) is 0 Å². The second kappa shape index (κ2) is 4.87. The highest BCUT2D eigenvalue weighted by molar-refractivity contribution is 5.94. The highest BCUT2D eigenvalue weighted by atomic mass is 19.4. The molecule has 1 aromatic carbocycles. The van der Waals surface area contributed by atoms with E-state index in [2.05, 4.69) is 14.9 Å². The molecule has 8 heteroatoms. The number of hydrogen-bond acceptors (Lipinski definition) is 3. The first kappa shape index (κ1) is 13.9. The Labute approximate surface area is 111 Å². The Balaban J connectivity index is 2.59. The van der Waals surface area contributed by atoms with Crippen LogP contribution in [-0.4, -0.2) is 28.4 Å². The number of carboxylic acids is 1. The van der Waals surface area contributed by atoms with Gasteiger partial charge in [-0.05, 0) is 18.2 Å². The van der Waals surface area contributed by atoms with E-state index in [4.69, 9.17) is 5.11 Å². The predicted molar refractivity (Wildman–Crippen MR) is 62.5 cm³/mol. The molecular weight excluding hydrogens is 277 g/mol. The summed E-state index contributed by atoms with van der Waals surface area (Å²) < 4.78 is 43.3. The van der Waals surface area contributed by atoms with E-state index in [-0.39, 0.29) is 22.6 Å². The van der Waals surface area contributed by atoms with Crippen molar-refractivity contribution in [1.29, 1.82) is 0 Å². The van der Waals surface area contributed by atoms with Crippen molar-refractivity contribution < 1.29 is 27.8 Å². The number of carbonyl (C=O) groups is 1. The zero-order valence-corrected chi connectivity index (χ0v) is 10.2. The summed E-state index contributed by atoms with van der Waals surface area (Å²) in [6.07, 6.45) is -3.57. The third-order valence-electron chi connectivity index (χ3n) is 2.66. The van der Waals surface area contributed by atoms with Gasteiger partial charge in [-0.15, -0.1) is 0 Å². The number of rotatable bonds is 3. The van der Waals surface area contributed by atoms with Crippen LogP contribution in [0.2, 0.25) is 0 Å². The lowest BCUT2D eigenvalue weighted by Gasteiger charge is -2.13. The van der Waals surface area contributed by atoms with Crippen molar-refractivity contribution in [1.82, 2.24) is 10.2 Å². The van der Waals surface area contributed by atoms with E-state index in [1.54, 1.807) is 0 Å². The number of nitrogens with zero attached hydrogens (tertiary/aromatic N) is 1. The molecule has 0 atom stereocenters. The Morgan fingerprint density at radius 3 is 2.65 bits per heavy atom. The van der Waals surface area contributed by atoms with Crippen molar-refractivity contribution in [2.24, 2.45) is 0 Å². The molecule has 0 aliphatic heterocycles. The van der Waals surface area contributed by atoms with Crippen LogP contribution in [0.5, 0.6) is 5.75 Å². The number of hydrogen-bond donors (Lipinski definition) is 2. The lowest BCUT2D eigenvalue weighted by atomic mass is 10.0. The van der Waals surface area contributed by atoms with Gasteiger partial charge in [-0.2, -0.15) is 18.3 Å². The van der Waals surface area contributed by atoms with Crippen molar-refractivity contribution in [3.8, 4) is 17.0 Å². The molecule has 2 N–H and O–H groups in total. The molecule has 1 heterocycles. The number of nitrogens with one attached hydrogen (secondary N) is 1. The minimum Gasteiger partial charge on any atom is -0.496 e. The average molecular weight is 286 g/mol. The molecule has 0 amide bonds. The first-order valence-corrected chi connectivity index (χ1v) is 5.37. The summed E-state index contributed by atoms with van der Waals surface area (Å²) in [4.78, 5) is 11.0. The molecule has 0 unspecified atom stereocenters. The molecular formula is C12H9F3N2O3. The van der Waals surface area contributed by atoms with Gasteiger partial charge < -0.3 is 9.84 Å². The maximum Gasteiger partial charge on any atom is 0.419 e. The standard InChI is InChI=1S/C12H9F3N2O3/c1-20-9-3-2-6(4-8(9)12(13,14)15)10-7(11(18)19)5-16-17-10/h2-5H,1H3,(H,16,17)(H,18,19). The van der Waals surface area contributed by atoms with Crippen molar-refractivity contribution in [2.45, 2.75) is 6.18 Å². The fourth-order valence-corrected chi connectivity index (χ4v) is 1.75. The number of H-pyrrole nitrogens is 1. The van der Waals surface area contributed by atoms with Crippen LogP contribution in [0.1, 0.15) is 15.9 Å². The number of alkyl halides is 3. The van der Waals surface area contributed by atoms with Gasteiger partial charge in [0.1, 0.15) is 11.3 Å². The maximum absolute atomic E-state index is 12.9. The maximum atomic E-state index is 12.9. The lowest BCUT2D eigenvalue weighted by molar-refractivity contribution is -0.138. The SMILES string of the molecule is COc1ccc(-c2[nH]ncc2C(=O)O)cc1C(F)(F)F. The summed E-state index contributed by atoms with van der Waals surface area (Å²) in [7, 11) is 1.13. The van der Waals surface area contributed by atoms with Crippen molar-refractivity contribution in [3.63, 3.8) is 0 Å². The average Bonchev–Trinajstić information content (AvgIpc) is 2.86. The normalized spacial score (nSPS) is 11.4. The summed E-state index contributed by atoms with van der Waals surface area (Å²) in [5.41, 5.74) is -1.12. The molecule has 0 saturated heterocycles. The number of benzene rings is 1. The van der Waals surface area contributed by atoms with Gasteiger partial charge in [-0.1, -0.05) is 0 Å². The number of aromatic nitrogens is 2. The summed E-state index contributed by atoms with van der Waals surface area (Å²) in [6.45, 7) is 0. The van der Waals surface area contributed by atoms with Crippen LogP contribution in [-0.2, 0) is 6.18 Å². The third kappa shape index (κ3) is 2.44. The Morgan fingerprint density at radius 1 is 1.40 bits per heavy atom. The zero-order chi connectivity index (χ0) is 14.9. The van der Waals surface area contributed by atoms with Gasteiger partial charge in [0.15, 0.2) is 0 Å². The number of methoxy groups -OCH3 is 1. The zero-order valence-electron chi connectivity index (χ0n) is 10.2. The van der Waals surface area contributed by atoms with Crippen LogP contribution >= 0.6 is 0 Å². The molecule has 0 aliphatic carbocycles. The molecule has 0 saturated carbocycles. The largest absolute Gasteiger partial charge is 0.496 e. The number of halogens is 3. The Hall–Kier alpha value is -2.51. The Kier molecular flexibility index (Phi) is 3.39. The summed E-state index contributed by atoms with van der Waals surface area (Å²) in [6, 6.07) is 3.28. The van der Waals surface area contributed by atoms with E-state index in [9.17, 15) is 18.0 Å². The van der Waals surface area contributed by atoms with E-state index in [0.717, 1.165) is 25.4 Å². The summed E-state index contributed by atoms with van der Waals surface area (Å²) in [5.74, 6) is -1.62. The molecule has 2 aromatic rings. The third-order valence-corrected chi connectivity index (χ3v) is 2.66. The minimum atomic E-state index is -4.61. The van der Waals surface area contributed by atoms with Crippen LogP contribution in [0.15, 0.2) is 24.4 Å². The van der Waals surface area contributed by atoms with Crippen molar-refractivity contribution >= 4 is 5.97 Å². The fourth-order valence-electron chi connectivity index (χ4n) is 1.75. The van der Waals surface area contributed by atoms with Gasteiger partial charge in [0.25, 0.3) is 0 Å². The minimum absolute atomic E-state index is 0.00523. The topological polar surface area (TPSA) is 75.2 Å². The van der Waals surface area contributed by atoms with Crippen LogP contribution < -0.4 is 4.74 Å². The molecule has 0 aliphatic rings. The molecule has 5 nitrogen and oxygen atoms in total. The van der Waals surface area contributed by atoms with Crippen LogP contribution in [0.25, 0.3) is 11.3 Å². The smallest absolute Gasteiger partial charge is 0.419 e. The molecule has 20 heavy (non-hydrogen) atoms. The second-order valence-electron chi connectivity index (χ2n) is 3.88. The molecule has 106 valence electrons. The van der Waals surface area contributed by atoms with E-state index < -0.39 is 17.7 Å².